The largest absolute Gasteiger partial charge is 0.308 e. The number of nitrogens with one attached hydrogen (secondary N) is 1. The molecule has 0 aromatic carbocycles. The lowest BCUT2D eigenvalue weighted by Gasteiger charge is -2.52. The highest BCUT2D eigenvalue weighted by Crippen LogP contribution is 2.42. The molecule has 106 valence electrons. The molecule has 0 bridgehead atoms. The van der Waals surface area contributed by atoms with Gasteiger partial charge in [0.05, 0.1) is 0 Å². The summed E-state index contributed by atoms with van der Waals surface area (Å²) in [5, 5.41) is 3.84. The van der Waals surface area contributed by atoms with E-state index in [0.717, 1.165) is 6.04 Å². The van der Waals surface area contributed by atoms with Crippen molar-refractivity contribution < 1.29 is 0 Å². The van der Waals surface area contributed by atoms with E-state index in [1.54, 1.807) is 0 Å². The van der Waals surface area contributed by atoms with Gasteiger partial charge in [0.25, 0.3) is 0 Å². The molecule has 1 N–H and O–H groups in total. The predicted octanol–water partition coefficient (Wildman–Crippen LogP) is 3.42. The van der Waals surface area contributed by atoms with E-state index in [1.165, 1.54) is 58.2 Å². The predicted molar refractivity (Wildman–Crippen MR) is 78.9 cm³/mol. The molecule has 0 aromatic rings. The van der Waals surface area contributed by atoms with Crippen molar-refractivity contribution >= 4 is 0 Å². The van der Waals surface area contributed by atoms with Crippen LogP contribution < -0.4 is 5.32 Å². The molecule has 0 amide bonds. The third-order valence-corrected chi connectivity index (χ3v) is 5.71. The minimum absolute atomic E-state index is 0.381. The molecule has 18 heavy (non-hydrogen) atoms. The van der Waals surface area contributed by atoms with Gasteiger partial charge in [0.2, 0.25) is 0 Å². The van der Waals surface area contributed by atoms with Crippen LogP contribution in [0.4, 0.5) is 0 Å². The Morgan fingerprint density at radius 3 is 2.28 bits per heavy atom. The van der Waals surface area contributed by atoms with Crippen LogP contribution in [0.5, 0.6) is 0 Å². The zero-order valence-corrected chi connectivity index (χ0v) is 12.9. The minimum Gasteiger partial charge on any atom is -0.308 e. The first-order chi connectivity index (χ1) is 8.56. The van der Waals surface area contributed by atoms with Crippen LogP contribution in [0.2, 0.25) is 0 Å². The molecule has 1 saturated heterocycles. The number of nitrogens with zero attached hydrogens (tertiary/aromatic N) is 1. The summed E-state index contributed by atoms with van der Waals surface area (Å²) < 4.78 is 0. The first-order valence-corrected chi connectivity index (χ1v) is 8.05. The Morgan fingerprint density at radius 1 is 1.17 bits per heavy atom. The van der Waals surface area contributed by atoms with Crippen molar-refractivity contribution in [2.75, 3.05) is 19.6 Å². The number of hydrogen-bond donors (Lipinski definition) is 1. The molecule has 2 rings (SSSR count). The van der Waals surface area contributed by atoms with Crippen molar-refractivity contribution in [3.63, 3.8) is 0 Å². The molecule has 0 spiro atoms. The van der Waals surface area contributed by atoms with Gasteiger partial charge in [-0.15, -0.1) is 0 Å². The minimum atomic E-state index is 0.381. The Kier molecular flexibility index (Phi) is 4.38. The van der Waals surface area contributed by atoms with Gasteiger partial charge in [-0.1, -0.05) is 34.1 Å². The lowest BCUT2D eigenvalue weighted by Crippen LogP contribution is -2.65. The molecule has 0 aromatic heterocycles. The molecule has 2 heteroatoms. The standard InChI is InChI=1S/C16H32N2/c1-5-14-11-17-16(6-2,7-3)13-18(14)12-15(4)9-8-10-15/h14,17H,5-13H2,1-4H3. The number of hydrogen-bond acceptors (Lipinski definition) is 2. The maximum absolute atomic E-state index is 3.84. The van der Waals surface area contributed by atoms with Gasteiger partial charge in [0.15, 0.2) is 0 Å². The normalized spacial score (nSPS) is 31.0. The maximum Gasteiger partial charge on any atom is 0.0304 e. The molecule has 1 saturated carbocycles. The van der Waals surface area contributed by atoms with E-state index >= 15 is 0 Å². The van der Waals surface area contributed by atoms with Crippen LogP contribution >= 0.6 is 0 Å². The van der Waals surface area contributed by atoms with Crippen LogP contribution in [0.25, 0.3) is 0 Å². The van der Waals surface area contributed by atoms with Gasteiger partial charge >= 0.3 is 0 Å². The molecule has 1 unspecified atom stereocenters. The number of rotatable bonds is 5. The van der Waals surface area contributed by atoms with E-state index in [-0.39, 0.29) is 0 Å². The van der Waals surface area contributed by atoms with Crippen LogP contribution in [-0.4, -0.2) is 36.1 Å². The Bertz CT molecular complexity index is 266. The average molecular weight is 252 g/mol. The van der Waals surface area contributed by atoms with Crippen molar-refractivity contribution in [1.82, 2.24) is 10.2 Å². The lowest BCUT2D eigenvalue weighted by atomic mass is 9.69. The molecular weight excluding hydrogens is 220 g/mol. The maximum atomic E-state index is 3.84. The van der Waals surface area contributed by atoms with Crippen LogP contribution in [0.3, 0.4) is 0 Å². The Morgan fingerprint density at radius 2 is 1.83 bits per heavy atom. The third-order valence-electron chi connectivity index (χ3n) is 5.71. The quantitative estimate of drug-likeness (QED) is 0.806. The van der Waals surface area contributed by atoms with Crippen molar-refractivity contribution in [3.05, 3.63) is 0 Å². The third kappa shape index (κ3) is 2.75. The lowest BCUT2D eigenvalue weighted by molar-refractivity contribution is 0.00885. The van der Waals surface area contributed by atoms with Crippen LogP contribution in [-0.2, 0) is 0 Å². The Hall–Kier alpha value is -0.0800. The van der Waals surface area contributed by atoms with Crippen LogP contribution in [0, 0.1) is 5.41 Å². The fraction of sp³-hybridized carbons (Fsp3) is 1.00. The molecule has 1 heterocycles. The summed E-state index contributed by atoms with van der Waals surface area (Å²) in [6.45, 7) is 13.3. The van der Waals surface area contributed by atoms with Crippen LogP contribution in [0.1, 0.15) is 66.2 Å². The molecule has 1 aliphatic heterocycles. The van der Waals surface area contributed by atoms with Crippen molar-refractivity contribution in [3.8, 4) is 0 Å². The fourth-order valence-corrected chi connectivity index (χ4v) is 3.78. The summed E-state index contributed by atoms with van der Waals surface area (Å²) in [5.41, 5.74) is 1.00. The van der Waals surface area contributed by atoms with Gasteiger partial charge in [-0.3, -0.25) is 4.90 Å². The van der Waals surface area contributed by atoms with Gasteiger partial charge in [-0.25, -0.2) is 0 Å². The fourth-order valence-electron chi connectivity index (χ4n) is 3.78. The summed E-state index contributed by atoms with van der Waals surface area (Å²) in [6.07, 6.45) is 8.14. The molecule has 1 aliphatic carbocycles. The molecule has 2 fully saturated rings. The second-order valence-electron chi connectivity index (χ2n) is 7.00. The molecule has 2 nitrogen and oxygen atoms in total. The van der Waals surface area contributed by atoms with Gasteiger partial charge in [-0.05, 0) is 37.5 Å². The Labute approximate surface area is 114 Å². The van der Waals surface area contributed by atoms with E-state index in [1.807, 2.05) is 0 Å². The zero-order chi connectivity index (χ0) is 13.2. The van der Waals surface area contributed by atoms with E-state index in [2.05, 4.69) is 37.9 Å². The summed E-state index contributed by atoms with van der Waals surface area (Å²) in [7, 11) is 0. The van der Waals surface area contributed by atoms with Gasteiger partial charge in [0, 0.05) is 31.2 Å². The summed E-state index contributed by atoms with van der Waals surface area (Å²) >= 11 is 0. The van der Waals surface area contributed by atoms with Gasteiger partial charge in [-0.2, -0.15) is 0 Å². The molecule has 1 atom stereocenters. The highest BCUT2D eigenvalue weighted by Gasteiger charge is 2.40. The van der Waals surface area contributed by atoms with E-state index < -0.39 is 0 Å². The van der Waals surface area contributed by atoms with Crippen molar-refractivity contribution in [2.24, 2.45) is 5.41 Å². The molecular formula is C16H32N2. The number of piperazine rings is 1. The second-order valence-corrected chi connectivity index (χ2v) is 7.00. The zero-order valence-electron chi connectivity index (χ0n) is 12.9. The topological polar surface area (TPSA) is 15.3 Å². The van der Waals surface area contributed by atoms with Gasteiger partial charge in [0.1, 0.15) is 0 Å². The van der Waals surface area contributed by atoms with E-state index in [4.69, 9.17) is 0 Å². The van der Waals surface area contributed by atoms with E-state index in [9.17, 15) is 0 Å². The SMILES string of the molecule is CCC1CNC(CC)(CC)CN1CC1(C)CCC1. The summed E-state index contributed by atoms with van der Waals surface area (Å²) in [6, 6.07) is 0.758. The van der Waals surface area contributed by atoms with E-state index in [0.29, 0.717) is 11.0 Å². The summed E-state index contributed by atoms with van der Waals surface area (Å²) in [4.78, 5) is 2.81. The van der Waals surface area contributed by atoms with Crippen molar-refractivity contribution in [2.45, 2.75) is 77.8 Å². The first kappa shape index (κ1) is 14.3. The molecule has 2 aliphatic rings. The first-order valence-electron chi connectivity index (χ1n) is 8.05. The summed E-state index contributed by atoms with van der Waals surface area (Å²) in [5.74, 6) is 0. The smallest absolute Gasteiger partial charge is 0.0304 e. The Balaban J connectivity index is 2.03. The highest BCUT2D eigenvalue weighted by atomic mass is 15.3. The molecule has 0 radical (unpaired) electrons. The highest BCUT2D eigenvalue weighted by molar-refractivity contribution is 4.99. The second kappa shape index (κ2) is 5.50. The monoisotopic (exact) mass is 252 g/mol. The van der Waals surface area contributed by atoms with Gasteiger partial charge < -0.3 is 5.32 Å². The van der Waals surface area contributed by atoms with Crippen LogP contribution in [0.15, 0.2) is 0 Å². The average Bonchev–Trinajstić information content (AvgIpc) is 2.36. The van der Waals surface area contributed by atoms with Crippen molar-refractivity contribution in [1.29, 1.82) is 0 Å².